The van der Waals surface area contributed by atoms with Crippen LogP contribution in [-0.4, -0.2) is 35.8 Å². The lowest BCUT2D eigenvalue weighted by Crippen LogP contribution is -2.29. The molecular formula is C12H15N3O3. The number of carboxylic acid groups (broad SMARTS) is 1. The number of pyridine rings is 1. The molecule has 0 aromatic carbocycles. The highest BCUT2D eigenvalue weighted by Crippen LogP contribution is 2.15. The number of hydrogen-bond donors (Lipinski definition) is 2. The Balaban J connectivity index is 2.71. The molecule has 18 heavy (non-hydrogen) atoms. The Morgan fingerprint density at radius 1 is 1.72 bits per heavy atom. The van der Waals surface area contributed by atoms with Gasteiger partial charge in [0.15, 0.2) is 0 Å². The van der Waals surface area contributed by atoms with Crippen molar-refractivity contribution >= 4 is 11.7 Å². The quantitative estimate of drug-likeness (QED) is 0.706. The van der Waals surface area contributed by atoms with Gasteiger partial charge in [-0.2, -0.15) is 5.26 Å². The number of aliphatic carboxylic acids is 1. The van der Waals surface area contributed by atoms with E-state index in [0.29, 0.717) is 30.7 Å². The van der Waals surface area contributed by atoms with Gasteiger partial charge in [-0.25, -0.2) is 4.79 Å². The molecule has 1 aromatic heterocycles. The van der Waals surface area contributed by atoms with Crippen molar-refractivity contribution in [2.45, 2.75) is 18.9 Å². The maximum Gasteiger partial charge on any atom is 0.326 e. The maximum absolute atomic E-state index is 11.1. The van der Waals surface area contributed by atoms with Crippen molar-refractivity contribution in [2.75, 3.05) is 19.0 Å². The molecule has 1 atom stereocenters. The molecule has 0 aliphatic heterocycles. The summed E-state index contributed by atoms with van der Waals surface area (Å²) in [5.41, 5.74) is 0.813. The molecule has 1 heterocycles. The predicted octanol–water partition coefficient (Wildman–Crippen LogP) is 1.24. The summed E-state index contributed by atoms with van der Waals surface area (Å²) in [5, 5.41) is 20.8. The van der Waals surface area contributed by atoms with Crippen LogP contribution >= 0.6 is 0 Å². The summed E-state index contributed by atoms with van der Waals surface area (Å²) in [7, 11) is 1.57. The highest BCUT2D eigenvalue weighted by Gasteiger charge is 2.18. The first kappa shape index (κ1) is 13.9. The van der Waals surface area contributed by atoms with Gasteiger partial charge >= 0.3 is 5.97 Å². The Morgan fingerprint density at radius 2 is 2.50 bits per heavy atom. The number of carboxylic acids is 1. The molecule has 1 unspecified atom stereocenters. The summed E-state index contributed by atoms with van der Waals surface area (Å²) in [5.74, 6) is -0.959. The molecular weight excluding hydrogens is 234 g/mol. The average Bonchev–Trinajstić information content (AvgIpc) is 2.38. The van der Waals surface area contributed by atoms with Crippen molar-refractivity contribution in [1.29, 1.82) is 5.26 Å². The van der Waals surface area contributed by atoms with Crippen molar-refractivity contribution in [2.24, 2.45) is 0 Å². The molecule has 0 amide bonds. The zero-order chi connectivity index (χ0) is 13.4. The largest absolute Gasteiger partial charge is 0.480 e. The first-order valence-electron chi connectivity index (χ1n) is 5.51. The van der Waals surface area contributed by atoms with Crippen LogP contribution in [0, 0.1) is 11.3 Å². The Kier molecular flexibility index (Phi) is 5.61. The summed E-state index contributed by atoms with van der Waals surface area (Å²) < 4.78 is 4.88. The lowest BCUT2D eigenvalue weighted by molar-refractivity contribution is -0.138. The van der Waals surface area contributed by atoms with Crippen LogP contribution < -0.4 is 5.32 Å². The predicted molar refractivity (Wildman–Crippen MR) is 65.1 cm³/mol. The van der Waals surface area contributed by atoms with E-state index in [0.717, 1.165) is 0 Å². The summed E-state index contributed by atoms with van der Waals surface area (Å²) >= 11 is 0. The topological polar surface area (TPSA) is 95.2 Å². The number of nitrogens with zero attached hydrogens (tertiary/aromatic N) is 2. The lowest BCUT2D eigenvalue weighted by atomic mass is 10.1. The van der Waals surface area contributed by atoms with E-state index in [-0.39, 0.29) is 0 Å². The molecule has 6 nitrogen and oxygen atoms in total. The highest BCUT2D eigenvalue weighted by atomic mass is 16.5. The van der Waals surface area contributed by atoms with E-state index in [9.17, 15) is 4.79 Å². The zero-order valence-electron chi connectivity index (χ0n) is 10.1. The molecule has 1 aromatic rings. The van der Waals surface area contributed by atoms with Crippen molar-refractivity contribution in [3.8, 4) is 6.07 Å². The normalized spacial score (nSPS) is 11.6. The molecule has 0 saturated heterocycles. The standard InChI is InChI=1S/C12H15N3O3/c1-18-6-2-3-10(12(16)17)15-11-8-14-5-4-9(11)7-13/h4-5,8,10,15H,2-3,6H2,1H3,(H,16,17). The number of rotatable bonds is 7. The number of anilines is 1. The average molecular weight is 249 g/mol. The molecule has 6 heteroatoms. The third-order valence-electron chi connectivity index (χ3n) is 2.41. The van der Waals surface area contributed by atoms with E-state index in [1.807, 2.05) is 6.07 Å². The van der Waals surface area contributed by atoms with Gasteiger partial charge in [-0.1, -0.05) is 0 Å². The zero-order valence-corrected chi connectivity index (χ0v) is 10.1. The Morgan fingerprint density at radius 3 is 3.11 bits per heavy atom. The van der Waals surface area contributed by atoms with E-state index in [1.165, 1.54) is 18.5 Å². The second kappa shape index (κ2) is 7.25. The number of methoxy groups -OCH3 is 1. The van der Waals surface area contributed by atoms with Gasteiger partial charge in [-0.3, -0.25) is 4.98 Å². The molecule has 0 fully saturated rings. The SMILES string of the molecule is COCCCC(Nc1cnccc1C#N)C(=O)O. The first-order valence-corrected chi connectivity index (χ1v) is 5.51. The number of hydrogen-bond acceptors (Lipinski definition) is 5. The first-order chi connectivity index (χ1) is 8.69. The third kappa shape index (κ3) is 4.03. The molecule has 2 N–H and O–H groups in total. The summed E-state index contributed by atoms with van der Waals surface area (Å²) in [6.07, 6.45) is 3.99. The van der Waals surface area contributed by atoms with Crippen LogP contribution in [0.4, 0.5) is 5.69 Å². The van der Waals surface area contributed by atoms with Crippen LogP contribution in [0.25, 0.3) is 0 Å². The fraction of sp³-hybridized carbons (Fsp3) is 0.417. The van der Waals surface area contributed by atoms with E-state index in [2.05, 4.69) is 10.3 Å². The Bertz CT molecular complexity index is 442. The summed E-state index contributed by atoms with van der Waals surface area (Å²) in [4.78, 5) is 15.0. The van der Waals surface area contributed by atoms with E-state index >= 15 is 0 Å². The Hall–Kier alpha value is -2.13. The molecule has 0 bridgehead atoms. The third-order valence-corrected chi connectivity index (χ3v) is 2.41. The smallest absolute Gasteiger partial charge is 0.326 e. The van der Waals surface area contributed by atoms with Crippen molar-refractivity contribution < 1.29 is 14.6 Å². The van der Waals surface area contributed by atoms with Crippen LogP contribution in [0.3, 0.4) is 0 Å². The molecule has 0 aliphatic rings. The number of nitrogens with one attached hydrogen (secondary N) is 1. The number of nitriles is 1. The van der Waals surface area contributed by atoms with Gasteiger partial charge in [-0.15, -0.1) is 0 Å². The highest BCUT2D eigenvalue weighted by molar-refractivity contribution is 5.78. The molecule has 0 spiro atoms. The molecule has 1 rings (SSSR count). The summed E-state index contributed by atoms with van der Waals surface area (Å²) in [6, 6.07) is 2.77. The van der Waals surface area contributed by atoms with Crippen molar-refractivity contribution in [3.63, 3.8) is 0 Å². The van der Waals surface area contributed by atoms with Crippen LogP contribution in [0.1, 0.15) is 18.4 Å². The van der Waals surface area contributed by atoms with E-state index < -0.39 is 12.0 Å². The minimum absolute atomic E-state index is 0.378. The van der Waals surface area contributed by atoms with Gasteiger partial charge in [-0.05, 0) is 18.9 Å². The molecule has 0 aliphatic carbocycles. The maximum atomic E-state index is 11.1. The number of carbonyl (C=O) groups is 1. The van der Waals surface area contributed by atoms with E-state index in [4.69, 9.17) is 15.1 Å². The number of ether oxygens (including phenoxy) is 1. The van der Waals surface area contributed by atoms with Crippen LogP contribution in [0.2, 0.25) is 0 Å². The fourth-order valence-electron chi connectivity index (χ4n) is 1.48. The fourth-order valence-corrected chi connectivity index (χ4v) is 1.48. The van der Waals surface area contributed by atoms with Crippen molar-refractivity contribution in [3.05, 3.63) is 24.0 Å². The summed E-state index contributed by atoms with van der Waals surface area (Å²) in [6.45, 7) is 0.504. The van der Waals surface area contributed by atoms with Crippen LogP contribution in [-0.2, 0) is 9.53 Å². The van der Waals surface area contributed by atoms with E-state index in [1.54, 1.807) is 7.11 Å². The van der Waals surface area contributed by atoms with Crippen molar-refractivity contribution in [1.82, 2.24) is 4.98 Å². The second-order valence-electron chi connectivity index (χ2n) is 3.70. The van der Waals surface area contributed by atoms with Crippen LogP contribution in [0.15, 0.2) is 18.5 Å². The lowest BCUT2D eigenvalue weighted by Gasteiger charge is -2.15. The minimum atomic E-state index is -0.959. The molecule has 0 radical (unpaired) electrons. The van der Waals surface area contributed by atoms with Gasteiger partial charge in [0.1, 0.15) is 12.1 Å². The van der Waals surface area contributed by atoms with Gasteiger partial charge in [0.2, 0.25) is 0 Å². The minimum Gasteiger partial charge on any atom is -0.480 e. The second-order valence-corrected chi connectivity index (χ2v) is 3.70. The molecule has 96 valence electrons. The monoisotopic (exact) mass is 249 g/mol. The van der Waals surface area contributed by atoms with Gasteiger partial charge in [0.05, 0.1) is 17.4 Å². The van der Waals surface area contributed by atoms with Crippen LogP contribution in [0.5, 0.6) is 0 Å². The number of aromatic nitrogens is 1. The van der Waals surface area contributed by atoms with Gasteiger partial charge in [0, 0.05) is 19.9 Å². The van der Waals surface area contributed by atoms with Gasteiger partial charge < -0.3 is 15.2 Å². The Labute approximate surface area is 105 Å². The van der Waals surface area contributed by atoms with Gasteiger partial charge in [0.25, 0.3) is 0 Å². The molecule has 0 saturated carbocycles.